The van der Waals surface area contributed by atoms with Crippen LogP contribution in [0.25, 0.3) is 0 Å². The van der Waals surface area contributed by atoms with Crippen molar-refractivity contribution in [1.82, 2.24) is 0 Å². The quantitative estimate of drug-likeness (QED) is 0.644. The largest absolute Gasteiger partial charge is 0.379 e. The summed E-state index contributed by atoms with van der Waals surface area (Å²) >= 11 is 0. The summed E-state index contributed by atoms with van der Waals surface area (Å²) in [5.74, 6) is 0.710. The van der Waals surface area contributed by atoms with Crippen molar-refractivity contribution >= 4 is 23.0 Å². The fraction of sp³-hybridized carbons (Fsp3) is 0.562. The second-order valence-corrected chi connectivity index (χ2v) is 6.20. The van der Waals surface area contributed by atoms with Gasteiger partial charge in [-0.25, -0.2) is 0 Å². The van der Waals surface area contributed by atoms with Crippen molar-refractivity contribution in [2.45, 2.75) is 44.9 Å². The van der Waals surface area contributed by atoms with Crippen LogP contribution in [0.5, 0.6) is 0 Å². The highest BCUT2D eigenvalue weighted by Gasteiger charge is 2.22. The van der Waals surface area contributed by atoms with E-state index in [4.69, 9.17) is 0 Å². The number of carbonyl (C=O) groups is 1. The highest BCUT2D eigenvalue weighted by molar-refractivity contribution is 5.95. The maximum Gasteiger partial charge on any atom is 0.292 e. The van der Waals surface area contributed by atoms with Gasteiger partial charge in [0.25, 0.3) is 5.69 Å². The molecule has 1 aromatic carbocycles. The lowest BCUT2D eigenvalue weighted by Crippen LogP contribution is -2.19. The molecule has 2 N–H and O–H groups in total. The van der Waals surface area contributed by atoms with Crippen LogP contribution in [-0.2, 0) is 11.2 Å². The maximum absolute atomic E-state index is 11.5. The number of hydrogen-bond acceptors (Lipinski definition) is 4. The molecule has 3 rings (SSSR count). The number of nitro groups is 1. The van der Waals surface area contributed by atoms with Crippen molar-refractivity contribution < 1.29 is 9.72 Å². The van der Waals surface area contributed by atoms with Crippen molar-refractivity contribution in [3.05, 3.63) is 27.8 Å². The van der Waals surface area contributed by atoms with E-state index in [1.54, 1.807) is 12.1 Å². The second-order valence-electron chi connectivity index (χ2n) is 6.20. The van der Waals surface area contributed by atoms with Gasteiger partial charge >= 0.3 is 0 Å². The number of hydrogen-bond donors (Lipinski definition) is 2. The average molecular weight is 303 g/mol. The summed E-state index contributed by atoms with van der Waals surface area (Å²) in [7, 11) is 0. The minimum atomic E-state index is -0.353. The molecule has 0 unspecified atom stereocenters. The smallest absolute Gasteiger partial charge is 0.292 e. The lowest BCUT2D eigenvalue weighted by molar-refractivity contribution is -0.384. The summed E-state index contributed by atoms with van der Waals surface area (Å²) in [5, 5.41) is 17.3. The number of nitro benzene ring substituents is 1. The molecule has 0 bridgehead atoms. The van der Waals surface area contributed by atoms with E-state index in [0.717, 1.165) is 24.4 Å². The monoisotopic (exact) mass is 303 g/mol. The van der Waals surface area contributed by atoms with E-state index in [-0.39, 0.29) is 16.5 Å². The second kappa shape index (κ2) is 6.34. The Morgan fingerprint density at radius 3 is 2.77 bits per heavy atom. The molecule has 0 saturated heterocycles. The fourth-order valence-corrected chi connectivity index (χ4v) is 3.42. The van der Waals surface area contributed by atoms with Crippen molar-refractivity contribution in [2.24, 2.45) is 5.92 Å². The van der Waals surface area contributed by atoms with E-state index < -0.39 is 0 Å². The molecule has 0 radical (unpaired) electrons. The molecule has 1 fully saturated rings. The Labute approximate surface area is 129 Å². The summed E-state index contributed by atoms with van der Waals surface area (Å²) in [5.41, 5.74) is 2.14. The van der Waals surface area contributed by atoms with Crippen molar-refractivity contribution in [3.63, 3.8) is 0 Å². The van der Waals surface area contributed by atoms with E-state index in [0.29, 0.717) is 24.2 Å². The first-order valence-electron chi connectivity index (χ1n) is 7.98. The number of nitrogens with one attached hydrogen (secondary N) is 2. The summed E-state index contributed by atoms with van der Waals surface area (Å²) in [4.78, 5) is 22.4. The lowest BCUT2D eigenvalue weighted by Gasteiger charge is -2.18. The Hall–Kier alpha value is -2.11. The Balaban J connectivity index is 1.74. The Bertz CT molecular complexity index is 595. The van der Waals surface area contributed by atoms with Gasteiger partial charge in [-0.15, -0.1) is 0 Å². The van der Waals surface area contributed by atoms with Crippen LogP contribution in [0.3, 0.4) is 0 Å². The van der Waals surface area contributed by atoms with E-state index in [9.17, 15) is 14.9 Å². The number of aryl methyl sites for hydroxylation is 1. The first-order chi connectivity index (χ1) is 10.6. The van der Waals surface area contributed by atoms with Crippen LogP contribution < -0.4 is 10.6 Å². The first kappa shape index (κ1) is 14.8. The van der Waals surface area contributed by atoms with Gasteiger partial charge in [-0.2, -0.15) is 0 Å². The molecule has 6 heteroatoms. The predicted molar refractivity (Wildman–Crippen MR) is 85.1 cm³/mol. The SMILES string of the molecule is O=C1CCc2cc([N+](=O)[O-])c(NCCC3CCCC3)cc2N1. The molecule has 1 aliphatic heterocycles. The van der Waals surface area contributed by atoms with Gasteiger partial charge in [0.15, 0.2) is 0 Å². The molecule has 1 aliphatic carbocycles. The van der Waals surface area contributed by atoms with E-state index in [1.165, 1.54) is 25.7 Å². The normalized spacial score (nSPS) is 17.9. The van der Waals surface area contributed by atoms with Crippen LogP contribution in [-0.4, -0.2) is 17.4 Å². The van der Waals surface area contributed by atoms with Crippen LogP contribution in [0.2, 0.25) is 0 Å². The maximum atomic E-state index is 11.5. The number of rotatable bonds is 5. The van der Waals surface area contributed by atoms with Crippen molar-refractivity contribution in [3.8, 4) is 0 Å². The molecule has 1 saturated carbocycles. The van der Waals surface area contributed by atoms with Gasteiger partial charge < -0.3 is 10.6 Å². The number of amides is 1. The average Bonchev–Trinajstić information content (AvgIpc) is 2.99. The Kier molecular flexibility index (Phi) is 4.27. The lowest BCUT2D eigenvalue weighted by atomic mass is 10.0. The zero-order chi connectivity index (χ0) is 15.5. The number of carbonyl (C=O) groups excluding carboxylic acids is 1. The highest BCUT2D eigenvalue weighted by Crippen LogP contribution is 2.34. The van der Waals surface area contributed by atoms with E-state index >= 15 is 0 Å². The molecular formula is C16H21N3O3. The molecular weight excluding hydrogens is 282 g/mol. The number of anilines is 2. The number of nitrogens with zero attached hydrogens (tertiary/aromatic N) is 1. The van der Waals surface area contributed by atoms with Crippen molar-refractivity contribution in [2.75, 3.05) is 17.2 Å². The standard InChI is InChI=1S/C16H21N3O3/c20-16-6-5-12-9-15(19(21)22)14(10-13(12)18-16)17-8-7-11-3-1-2-4-11/h9-11,17H,1-8H2,(H,18,20). The van der Waals surface area contributed by atoms with E-state index in [1.807, 2.05) is 0 Å². The van der Waals surface area contributed by atoms with Crippen LogP contribution in [0.1, 0.15) is 44.1 Å². The van der Waals surface area contributed by atoms with Crippen molar-refractivity contribution in [1.29, 1.82) is 0 Å². The summed E-state index contributed by atoms with van der Waals surface area (Å²) < 4.78 is 0. The zero-order valence-electron chi connectivity index (χ0n) is 12.6. The number of fused-ring (bicyclic) bond motifs is 1. The van der Waals surface area contributed by atoms with Crippen LogP contribution in [0, 0.1) is 16.0 Å². The molecule has 0 aromatic heterocycles. The third-order valence-corrected chi connectivity index (χ3v) is 4.66. The molecule has 2 aliphatic rings. The fourth-order valence-electron chi connectivity index (χ4n) is 3.42. The highest BCUT2D eigenvalue weighted by atomic mass is 16.6. The number of benzene rings is 1. The zero-order valence-corrected chi connectivity index (χ0v) is 12.6. The molecule has 0 spiro atoms. The molecule has 22 heavy (non-hydrogen) atoms. The molecule has 6 nitrogen and oxygen atoms in total. The van der Waals surface area contributed by atoms with Crippen LogP contribution in [0.15, 0.2) is 12.1 Å². The Morgan fingerprint density at radius 2 is 2.05 bits per heavy atom. The minimum Gasteiger partial charge on any atom is -0.379 e. The topological polar surface area (TPSA) is 84.3 Å². The van der Waals surface area contributed by atoms with Gasteiger partial charge in [-0.1, -0.05) is 25.7 Å². The van der Waals surface area contributed by atoms with Gasteiger partial charge in [-0.05, 0) is 30.4 Å². The predicted octanol–water partition coefficient (Wildman–Crippen LogP) is 3.47. The first-order valence-corrected chi connectivity index (χ1v) is 7.98. The molecule has 118 valence electrons. The van der Waals surface area contributed by atoms with Crippen LogP contribution in [0.4, 0.5) is 17.1 Å². The van der Waals surface area contributed by atoms with Crippen LogP contribution >= 0.6 is 0 Å². The molecule has 0 atom stereocenters. The third-order valence-electron chi connectivity index (χ3n) is 4.66. The van der Waals surface area contributed by atoms with Gasteiger partial charge in [0, 0.05) is 24.7 Å². The van der Waals surface area contributed by atoms with E-state index in [2.05, 4.69) is 10.6 Å². The minimum absolute atomic E-state index is 0.0294. The summed E-state index contributed by atoms with van der Waals surface area (Å²) in [6.45, 7) is 0.734. The molecule has 1 amide bonds. The summed E-state index contributed by atoms with van der Waals surface area (Å²) in [6.07, 6.45) is 7.13. The molecule has 1 aromatic rings. The molecule has 1 heterocycles. The van der Waals surface area contributed by atoms with Gasteiger partial charge in [0.1, 0.15) is 5.69 Å². The van der Waals surface area contributed by atoms with Gasteiger partial charge in [0.05, 0.1) is 4.92 Å². The summed E-state index contributed by atoms with van der Waals surface area (Å²) in [6, 6.07) is 3.30. The van der Waals surface area contributed by atoms with Gasteiger partial charge in [-0.3, -0.25) is 14.9 Å². The Morgan fingerprint density at radius 1 is 1.27 bits per heavy atom. The van der Waals surface area contributed by atoms with Gasteiger partial charge in [0.2, 0.25) is 5.91 Å². The third kappa shape index (κ3) is 3.21.